The van der Waals surface area contributed by atoms with Gasteiger partial charge in [0.25, 0.3) is 0 Å². The van der Waals surface area contributed by atoms with Crippen LogP contribution in [0.25, 0.3) is 11.0 Å². The number of hydrogen-bond acceptors (Lipinski definition) is 4. The maximum atomic E-state index is 14.0. The maximum Gasteiger partial charge on any atom is 0.337 e. The summed E-state index contributed by atoms with van der Waals surface area (Å²) in [6, 6.07) is 18.9. The van der Waals surface area contributed by atoms with Gasteiger partial charge in [-0.05, 0) is 73.3 Å². The van der Waals surface area contributed by atoms with E-state index < -0.39 is 0 Å². The minimum atomic E-state index is -0.328. The van der Waals surface area contributed by atoms with E-state index in [4.69, 9.17) is 9.72 Å². The van der Waals surface area contributed by atoms with Gasteiger partial charge in [0.1, 0.15) is 11.5 Å². The number of benzene rings is 2. The lowest BCUT2D eigenvalue weighted by atomic mass is 9.90. The second-order valence-corrected chi connectivity index (χ2v) is 8.96. The van der Waals surface area contributed by atoms with Crippen molar-refractivity contribution in [1.29, 1.82) is 0 Å². The molecule has 2 aromatic heterocycles. The van der Waals surface area contributed by atoms with Crippen molar-refractivity contribution < 1.29 is 13.9 Å². The van der Waals surface area contributed by atoms with E-state index in [1.165, 1.54) is 18.7 Å². The maximum absolute atomic E-state index is 14.0. The summed E-state index contributed by atoms with van der Waals surface area (Å²) >= 11 is 0. The van der Waals surface area contributed by atoms with Gasteiger partial charge in [0.2, 0.25) is 0 Å². The SMILES string of the molecule is COC(=O)c1ccc(Cn2ccc3cc(C4CCN(Cc5ccccc5F)CC4)cnc32)cc1. The molecule has 6 heteroatoms. The summed E-state index contributed by atoms with van der Waals surface area (Å²) in [7, 11) is 1.39. The number of aromatic nitrogens is 2. The van der Waals surface area contributed by atoms with Crippen molar-refractivity contribution in [2.24, 2.45) is 0 Å². The average molecular weight is 458 g/mol. The van der Waals surface area contributed by atoms with E-state index in [2.05, 4.69) is 27.8 Å². The number of carbonyl (C=O) groups excluding carboxylic acids is 1. The number of likely N-dealkylation sites (tertiary alicyclic amines) is 1. The Morgan fingerprint density at radius 1 is 1.06 bits per heavy atom. The van der Waals surface area contributed by atoms with Gasteiger partial charge >= 0.3 is 5.97 Å². The Kier molecular flexibility index (Phi) is 6.41. The fraction of sp³-hybridized carbons (Fsp3) is 0.286. The first-order chi connectivity index (χ1) is 16.6. The fourth-order valence-corrected chi connectivity index (χ4v) is 4.80. The fourth-order valence-electron chi connectivity index (χ4n) is 4.80. The van der Waals surface area contributed by atoms with Gasteiger partial charge in [-0.1, -0.05) is 30.3 Å². The topological polar surface area (TPSA) is 47.4 Å². The number of rotatable bonds is 6. The summed E-state index contributed by atoms with van der Waals surface area (Å²) < 4.78 is 20.9. The summed E-state index contributed by atoms with van der Waals surface area (Å²) in [5.41, 5.74) is 4.64. The van der Waals surface area contributed by atoms with E-state index in [0.717, 1.165) is 48.1 Å². The zero-order valence-corrected chi connectivity index (χ0v) is 19.3. The summed E-state index contributed by atoms with van der Waals surface area (Å²) in [6.07, 6.45) is 6.17. The molecule has 0 amide bonds. The van der Waals surface area contributed by atoms with Gasteiger partial charge in [0.05, 0.1) is 12.7 Å². The number of hydrogen-bond donors (Lipinski definition) is 0. The number of carbonyl (C=O) groups is 1. The van der Waals surface area contributed by atoms with Crippen LogP contribution < -0.4 is 0 Å². The number of esters is 1. The second kappa shape index (κ2) is 9.77. The van der Waals surface area contributed by atoms with Crippen molar-refractivity contribution in [3.8, 4) is 0 Å². The van der Waals surface area contributed by atoms with Crippen LogP contribution in [0.1, 0.15) is 45.8 Å². The molecule has 0 radical (unpaired) electrons. The minimum absolute atomic E-state index is 0.122. The minimum Gasteiger partial charge on any atom is -0.465 e. The molecule has 0 aliphatic carbocycles. The Morgan fingerprint density at radius 3 is 2.56 bits per heavy atom. The predicted molar refractivity (Wildman–Crippen MR) is 130 cm³/mol. The summed E-state index contributed by atoms with van der Waals surface area (Å²) in [5.74, 6) is 0.0244. The monoisotopic (exact) mass is 457 g/mol. The Morgan fingerprint density at radius 2 is 1.82 bits per heavy atom. The largest absolute Gasteiger partial charge is 0.465 e. The second-order valence-electron chi connectivity index (χ2n) is 8.96. The molecule has 5 rings (SSSR count). The quantitative estimate of drug-likeness (QED) is 0.364. The third-order valence-electron chi connectivity index (χ3n) is 6.76. The standard InChI is InChI=1S/C28H28FN3O2/c1-34-28(33)22-8-6-20(7-9-22)18-32-15-12-23-16-25(17-30-27(23)32)21-10-13-31(14-11-21)19-24-4-2-3-5-26(24)29/h2-9,12,15-17,21H,10-11,13-14,18-19H2,1H3. The molecule has 1 aliphatic rings. The van der Waals surface area contributed by atoms with Crippen LogP contribution in [0, 0.1) is 5.82 Å². The normalized spacial score (nSPS) is 15.0. The third kappa shape index (κ3) is 4.73. The molecule has 3 heterocycles. The molecule has 0 atom stereocenters. The van der Waals surface area contributed by atoms with Crippen LogP contribution in [0.2, 0.25) is 0 Å². The Hall–Kier alpha value is -3.51. The van der Waals surface area contributed by atoms with Crippen LogP contribution in [0.3, 0.4) is 0 Å². The van der Waals surface area contributed by atoms with E-state index >= 15 is 0 Å². The lowest BCUT2D eigenvalue weighted by Crippen LogP contribution is -2.32. The van der Waals surface area contributed by atoms with Gasteiger partial charge in [-0.3, -0.25) is 4.90 Å². The highest BCUT2D eigenvalue weighted by molar-refractivity contribution is 5.89. The van der Waals surface area contributed by atoms with Crippen molar-refractivity contribution in [3.63, 3.8) is 0 Å². The molecule has 0 spiro atoms. The van der Waals surface area contributed by atoms with Gasteiger partial charge in [-0.15, -0.1) is 0 Å². The molecule has 1 saturated heterocycles. The summed E-state index contributed by atoms with van der Waals surface area (Å²) in [5, 5.41) is 1.14. The van der Waals surface area contributed by atoms with Crippen LogP contribution >= 0.6 is 0 Å². The molecule has 0 bridgehead atoms. The highest BCUT2D eigenvalue weighted by Crippen LogP contribution is 2.30. The van der Waals surface area contributed by atoms with Crippen molar-refractivity contribution >= 4 is 17.0 Å². The first-order valence-electron chi connectivity index (χ1n) is 11.7. The smallest absolute Gasteiger partial charge is 0.337 e. The van der Waals surface area contributed by atoms with E-state index in [-0.39, 0.29) is 11.8 Å². The van der Waals surface area contributed by atoms with E-state index in [0.29, 0.717) is 24.6 Å². The number of nitrogens with zero attached hydrogens (tertiary/aromatic N) is 3. The first-order valence-corrected chi connectivity index (χ1v) is 11.7. The van der Waals surface area contributed by atoms with E-state index in [1.807, 2.05) is 30.5 Å². The van der Waals surface area contributed by atoms with Crippen LogP contribution in [0.4, 0.5) is 4.39 Å². The lowest BCUT2D eigenvalue weighted by molar-refractivity contribution is 0.0600. The molecule has 2 aromatic carbocycles. The van der Waals surface area contributed by atoms with Gasteiger partial charge in [0.15, 0.2) is 0 Å². The van der Waals surface area contributed by atoms with E-state index in [9.17, 15) is 9.18 Å². The van der Waals surface area contributed by atoms with Crippen LogP contribution in [0.15, 0.2) is 73.1 Å². The molecule has 5 nitrogen and oxygen atoms in total. The number of halogens is 1. The zero-order chi connectivity index (χ0) is 23.5. The summed E-state index contributed by atoms with van der Waals surface area (Å²) in [4.78, 5) is 18.8. The van der Waals surface area contributed by atoms with E-state index in [1.54, 1.807) is 18.2 Å². The van der Waals surface area contributed by atoms with Crippen molar-refractivity contribution in [2.45, 2.75) is 31.8 Å². The van der Waals surface area contributed by atoms with Gasteiger partial charge in [-0.2, -0.15) is 0 Å². The third-order valence-corrected chi connectivity index (χ3v) is 6.76. The summed E-state index contributed by atoms with van der Waals surface area (Å²) in [6.45, 7) is 3.27. The van der Waals surface area contributed by atoms with Gasteiger partial charge in [-0.25, -0.2) is 14.2 Å². The number of fused-ring (bicyclic) bond motifs is 1. The molecule has 174 valence electrons. The van der Waals surface area contributed by atoms with Crippen LogP contribution in [0.5, 0.6) is 0 Å². The number of piperidine rings is 1. The molecular weight excluding hydrogens is 429 g/mol. The molecule has 34 heavy (non-hydrogen) atoms. The highest BCUT2D eigenvalue weighted by atomic mass is 19.1. The number of ether oxygens (including phenoxy) is 1. The molecule has 0 unspecified atom stereocenters. The van der Waals surface area contributed by atoms with Crippen molar-refractivity contribution in [2.75, 3.05) is 20.2 Å². The number of methoxy groups -OCH3 is 1. The first kappa shape index (κ1) is 22.3. The zero-order valence-electron chi connectivity index (χ0n) is 19.3. The number of pyridine rings is 1. The lowest BCUT2D eigenvalue weighted by Gasteiger charge is -2.32. The molecule has 1 aliphatic heterocycles. The molecule has 1 fully saturated rings. The van der Waals surface area contributed by atoms with Crippen LogP contribution in [-0.4, -0.2) is 40.6 Å². The van der Waals surface area contributed by atoms with Gasteiger partial charge in [0, 0.05) is 36.4 Å². The molecule has 4 aromatic rings. The van der Waals surface area contributed by atoms with Crippen LogP contribution in [-0.2, 0) is 17.8 Å². The molecule has 0 saturated carbocycles. The Balaban J connectivity index is 1.23. The Bertz CT molecular complexity index is 1290. The van der Waals surface area contributed by atoms with Crippen molar-refractivity contribution in [1.82, 2.24) is 14.5 Å². The predicted octanol–water partition coefficient (Wildman–Crippen LogP) is 5.39. The molecular formula is C28H28FN3O2. The van der Waals surface area contributed by atoms with Crippen molar-refractivity contribution in [3.05, 3.63) is 101 Å². The average Bonchev–Trinajstić information content (AvgIpc) is 3.27. The highest BCUT2D eigenvalue weighted by Gasteiger charge is 2.22. The van der Waals surface area contributed by atoms with Gasteiger partial charge < -0.3 is 9.30 Å². The molecule has 0 N–H and O–H groups in total. The Labute approximate surface area is 198 Å².